The van der Waals surface area contributed by atoms with Gasteiger partial charge in [-0.15, -0.1) is 0 Å². The zero-order valence-corrected chi connectivity index (χ0v) is 32.0. The number of nitrogens with zero attached hydrogens (tertiary/aromatic N) is 2. The summed E-state index contributed by atoms with van der Waals surface area (Å²) < 4.78 is 14.4. The van der Waals surface area contributed by atoms with Crippen LogP contribution in [0.2, 0.25) is 0 Å². The molecule has 0 aliphatic carbocycles. The van der Waals surface area contributed by atoms with Crippen molar-refractivity contribution in [3.8, 4) is 11.1 Å². The van der Waals surface area contributed by atoms with Crippen LogP contribution in [0.4, 0.5) is 34.1 Å². The van der Waals surface area contributed by atoms with Crippen LogP contribution in [0.1, 0.15) is 0 Å². The van der Waals surface area contributed by atoms with Gasteiger partial charge in [0, 0.05) is 64.6 Å². The lowest BCUT2D eigenvalue weighted by atomic mass is 10.0. The van der Waals surface area contributed by atoms with Gasteiger partial charge in [-0.1, -0.05) is 92.5 Å². The fraction of sp³-hybridized carbons (Fsp3) is 0. The van der Waals surface area contributed by atoms with E-state index >= 15 is 0 Å². The fourth-order valence-corrected chi connectivity index (χ4v) is 7.92. The summed E-state index contributed by atoms with van der Waals surface area (Å²) in [7, 11) is 0. The van der Waals surface area contributed by atoms with Crippen molar-refractivity contribution in [1.29, 1.82) is 0 Å². The number of benzene rings is 8. The summed E-state index contributed by atoms with van der Waals surface area (Å²) in [5.41, 5.74) is 12.2. The molecule has 0 N–H and O–H groups in total. The summed E-state index contributed by atoms with van der Waals surface area (Å²) >= 11 is 7.23. The molecule has 4 nitrogen and oxygen atoms in total. The highest BCUT2D eigenvalue weighted by molar-refractivity contribution is 9.10. The van der Waals surface area contributed by atoms with Crippen molar-refractivity contribution < 1.29 is 8.83 Å². The van der Waals surface area contributed by atoms with Crippen LogP contribution in [0.5, 0.6) is 0 Å². The highest BCUT2D eigenvalue weighted by atomic mass is 79.9. The van der Waals surface area contributed by atoms with E-state index in [1.165, 1.54) is 0 Å². The smallest absolute Gasteiger partial charge is 0.135 e. The van der Waals surface area contributed by atoms with Gasteiger partial charge in [-0.25, -0.2) is 0 Å². The van der Waals surface area contributed by atoms with Gasteiger partial charge in [-0.05, 0) is 132 Å². The Bertz CT molecular complexity index is 2740. The lowest BCUT2D eigenvalue weighted by Crippen LogP contribution is -2.10. The van der Waals surface area contributed by atoms with Gasteiger partial charge in [0.1, 0.15) is 22.3 Å². The first kappa shape index (κ1) is 32.6. The SMILES string of the molecule is Brc1ccc(N(c2ccc(-c3ccc(N(c4ccc(Br)cc4)c4ccc5oc6ccccc6c5c4)cc3)cc2)c2ccc3oc4ccccc4c3c2)cc1. The van der Waals surface area contributed by atoms with E-state index in [0.717, 1.165) is 98.1 Å². The largest absolute Gasteiger partial charge is 0.456 e. The maximum atomic E-state index is 6.15. The molecule has 0 spiro atoms. The van der Waals surface area contributed by atoms with Gasteiger partial charge in [0.05, 0.1) is 0 Å². The van der Waals surface area contributed by atoms with Crippen LogP contribution in [0.25, 0.3) is 55.0 Å². The number of furan rings is 2. The summed E-state index contributed by atoms with van der Waals surface area (Å²) in [5.74, 6) is 0. The van der Waals surface area contributed by atoms with Gasteiger partial charge in [-0.2, -0.15) is 0 Å². The van der Waals surface area contributed by atoms with Gasteiger partial charge >= 0.3 is 0 Å². The summed E-state index contributed by atoms with van der Waals surface area (Å²) in [6.45, 7) is 0. The van der Waals surface area contributed by atoms with Crippen LogP contribution in [0.3, 0.4) is 0 Å². The van der Waals surface area contributed by atoms with Crippen molar-refractivity contribution in [3.05, 3.63) is 191 Å². The molecule has 0 fully saturated rings. The Labute approximate surface area is 328 Å². The maximum absolute atomic E-state index is 6.15. The predicted molar refractivity (Wildman–Crippen MR) is 231 cm³/mol. The average Bonchev–Trinajstić information content (AvgIpc) is 3.78. The van der Waals surface area contributed by atoms with E-state index in [4.69, 9.17) is 8.83 Å². The summed E-state index contributed by atoms with van der Waals surface area (Å²) in [5, 5.41) is 4.41. The molecule has 0 unspecified atom stereocenters. The van der Waals surface area contributed by atoms with Crippen LogP contribution in [-0.2, 0) is 0 Å². The number of fused-ring (bicyclic) bond motifs is 6. The zero-order valence-electron chi connectivity index (χ0n) is 28.8. The van der Waals surface area contributed by atoms with Crippen molar-refractivity contribution in [2.45, 2.75) is 0 Å². The number of rotatable bonds is 7. The monoisotopic (exact) mass is 824 g/mol. The van der Waals surface area contributed by atoms with Crippen molar-refractivity contribution in [3.63, 3.8) is 0 Å². The second-order valence-electron chi connectivity index (χ2n) is 13.3. The molecule has 0 saturated carbocycles. The Balaban J connectivity index is 1.01. The number of halogens is 2. The molecule has 10 aromatic rings. The zero-order chi connectivity index (χ0) is 36.2. The van der Waals surface area contributed by atoms with Gasteiger partial charge in [0.2, 0.25) is 0 Å². The fourth-order valence-electron chi connectivity index (χ4n) is 7.39. The Hall–Kier alpha value is -6.08. The summed E-state index contributed by atoms with van der Waals surface area (Å²) in [6.07, 6.45) is 0. The molecular formula is C48H30Br2N2O2. The number of hydrogen-bond donors (Lipinski definition) is 0. The first-order valence-corrected chi connectivity index (χ1v) is 19.3. The molecule has 0 amide bonds. The van der Waals surface area contributed by atoms with E-state index < -0.39 is 0 Å². The Kier molecular flexibility index (Phi) is 8.08. The molecule has 0 atom stereocenters. The third-order valence-corrected chi connectivity index (χ3v) is 11.0. The molecule has 0 bridgehead atoms. The highest BCUT2D eigenvalue weighted by Gasteiger charge is 2.18. The Morgan fingerprint density at radius 1 is 0.296 bits per heavy atom. The van der Waals surface area contributed by atoms with Gasteiger partial charge in [0.25, 0.3) is 0 Å². The molecule has 54 heavy (non-hydrogen) atoms. The van der Waals surface area contributed by atoms with Crippen LogP contribution < -0.4 is 9.80 Å². The van der Waals surface area contributed by atoms with Crippen molar-refractivity contribution >= 4 is 110 Å². The van der Waals surface area contributed by atoms with Gasteiger partial charge in [-0.3, -0.25) is 0 Å². The number of anilines is 6. The van der Waals surface area contributed by atoms with Crippen LogP contribution >= 0.6 is 31.9 Å². The topological polar surface area (TPSA) is 32.8 Å². The van der Waals surface area contributed by atoms with Crippen LogP contribution in [-0.4, -0.2) is 0 Å². The van der Waals surface area contributed by atoms with E-state index in [9.17, 15) is 0 Å². The first-order chi connectivity index (χ1) is 26.6. The number of para-hydroxylation sites is 2. The second kappa shape index (κ2) is 13.4. The van der Waals surface area contributed by atoms with Crippen molar-refractivity contribution in [2.24, 2.45) is 0 Å². The predicted octanol–water partition coefficient (Wildman–Crippen LogP) is 15.6. The lowest BCUT2D eigenvalue weighted by Gasteiger charge is -2.26. The van der Waals surface area contributed by atoms with E-state index in [-0.39, 0.29) is 0 Å². The molecule has 2 heterocycles. The third kappa shape index (κ3) is 5.84. The normalized spacial score (nSPS) is 11.5. The molecule has 0 aliphatic rings. The molecule has 8 aromatic carbocycles. The molecule has 6 heteroatoms. The molecule has 0 saturated heterocycles. The molecular weight excluding hydrogens is 796 g/mol. The van der Waals surface area contributed by atoms with E-state index in [1.807, 2.05) is 24.3 Å². The van der Waals surface area contributed by atoms with Gasteiger partial charge in [0.15, 0.2) is 0 Å². The highest BCUT2D eigenvalue weighted by Crippen LogP contribution is 2.42. The molecule has 2 aromatic heterocycles. The second-order valence-corrected chi connectivity index (χ2v) is 15.1. The number of hydrogen-bond acceptors (Lipinski definition) is 4. The minimum atomic E-state index is 0.878. The Morgan fingerprint density at radius 3 is 1.00 bits per heavy atom. The lowest BCUT2D eigenvalue weighted by molar-refractivity contribution is 0.668. The van der Waals surface area contributed by atoms with Gasteiger partial charge < -0.3 is 18.6 Å². The first-order valence-electron chi connectivity index (χ1n) is 17.7. The molecule has 10 rings (SSSR count). The maximum Gasteiger partial charge on any atom is 0.135 e. The molecule has 0 radical (unpaired) electrons. The van der Waals surface area contributed by atoms with E-state index in [0.29, 0.717) is 0 Å². The van der Waals surface area contributed by atoms with Crippen molar-refractivity contribution in [1.82, 2.24) is 0 Å². The van der Waals surface area contributed by atoms with Crippen LogP contribution in [0, 0.1) is 0 Å². The molecule has 0 aliphatic heterocycles. The van der Waals surface area contributed by atoms with Crippen molar-refractivity contribution in [2.75, 3.05) is 9.80 Å². The standard InChI is InChI=1S/C48H30Br2N2O2/c49-33-13-21-37(22-14-33)51(39-25-27-47-43(29-39)41-5-1-3-7-45(41)53-47)35-17-9-31(10-18-35)32-11-19-36(20-12-32)52(38-23-15-34(50)16-24-38)40-26-28-48-44(30-40)42-6-2-4-8-46(42)54-48/h1-30H. The van der Waals surface area contributed by atoms with E-state index in [2.05, 4.69) is 199 Å². The van der Waals surface area contributed by atoms with E-state index in [1.54, 1.807) is 0 Å². The average molecular weight is 827 g/mol. The summed E-state index contributed by atoms with van der Waals surface area (Å²) in [6, 6.07) is 63.7. The van der Waals surface area contributed by atoms with Crippen LogP contribution in [0.15, 0.2) is 200 Å². The Morgan fingerprint density at radius 2 is 0.611 bits per heavy atom. The molecule has 258 valence electrons. The summed E-state index contributed by atoms with van der Waals surface area (Å²) in [4.78, 5) is 4.58. The minimum absolute atomic E-state index is 0.878. The quantitative estimate of drug-likeness (QED) is 0.160. The minimum Gasteiger partial charge on any atom is -0.456 e. The third-order valence-electron chi connectivity index (χ3n) is 9.99.